The molecule has 0 saturated carbocycles. The average Bonchev–Trinajstić information content (AvgIpc) is 2.40. The van der Waals surface area contributed by atoms with Gasteiger partial charge in [-0.15, -0.1) is 0 Å². The highest BCUT2D eigenvalue weighted by Crippen LogP contribution is 2.25. The summed E-state index contributed by atoms with van der Waals surface area (Å²) in [5.41, 5.74) is 1.45. The molecule has 2 rings (SSSR count). The summed E-state index contributed by atoms with van der Waals surface area (Å²) in [5, 5.41) is 3.09. The van der Waals surface area contributed by atoms with Crippen molar-refractivity contribution in [2.45, 2.75) is 13.2 Å². The predicted molar refractivity (Wildman–Crippen MR) is 72.3 cm³/mol. The average molecular weight is 329 g/mol. The van der Waals surface area contributed by atoms with Crippen LogP contribution in [0.15, 0.2) is 47.2 Å². The highest BCUT2D eigenvalue weighted by Gasteiger charge is 2.10. The molecule has 0 spiro atoms. The van der Waals surface area contributed by atoms with E-state index < -0.39 is 6.61 Å². The van der Waals surface area contributed by atoms with Crippen LogP contribution in [0.5, 0.6) is 5.75 Å². The lowest BCUT2D eigenvalue weighted by atomic mass is 10.2. The largest absolute Gasteiger partial charge is 0.434 e. The van der Waals surface area contributed by atoms with Crippen molar-refractivity contribution in [2.24, 2.45) is 0 Å². The normalized spacial score (nSPS) is 10.5. The van der Waals surface area contributed by atoms with Crippen molar-refractivity contribution in [3.8, 4) is 5.75 Å². The van der Waals surface area contributed by atoms with Crippen LogP contribution in [0.3, 0.4) is 0 Å². The Morgan fingerprint density at radius 3 is 2.84 bits per heavy atom. The second-order valence-corrected chi connectivity index (χ2v) is 4.64. The van der Waals surface area contributed by atoms with Crippen LogP contribution in [0.25, 0.3) is 0 Å². The number of rotatable bonds is 5. The fourth-order valence-electron chi connectivity index (χ4n) is 1.56. The monoisotopic (exact) mass is 328 g/mol. The van der Waals surface area contributed by atoms with Gasteiger partial charge in [-0.1, -0.05) is 15.9 Å². The van der Waals surface area contributed by atoms with Gasteiger partial charge in [0, 0.05) is 29.0 Å². The third kappa shape index (κ3) is 4.17. The molecule has 2 aromatic rings. The first-order valence-corrected chi connectivity index (χ1v) is 6.31. The first-order chi connectivity index (χ1) is 9.15. The highest BCUT2D eigenvalue weighted by atomic mass is 79.9. The molecule has 3 nitrogen and oxygen atoms in total. The lowest BCUT2D eigenvalue weighted by Gasteiger charge is -2.12. The van der Waals surface area contributed by atoms with Crippen molar-refractivity contribution in [2.75, 3.05) is 5.32 Å². The molecular formula is C13H11BrF2N2O. The van der Waals surface area contributed by atoms with Gasteiger partial charge in [-0.05, 0) is 30.3 Å². The van der Waals surface area contributed by atoms with Crippen LogP contribution in [-0.2, 0) is 6.54 Å². The molecule has 100 valence electrons. The number of hydrogen-bond donors (Lipinski definition) is 1. The maximum Gasteiger partial charge on any atom is 0.387 e. The summed E-state index contributed by atoms with van der Waals surface area (Å²) in [4.78, 5) is 3.96. The number of pyridine rings is 1. The van der Waals surface area contributed by atoms with Crippen LogP contribution in [0.4, 0.5) is 14.5 Å². The van der Waals surface area contributed by atoms with E-state index >= 15 is 0 Å². The Kier molecular flexibility index (Phi) is 4.68. The van der Waals surface area contributed by atoms with Gasteiger partial charge < -0.3 is 10.1 Å². The van der Waals surface area contributed by atoms with Crippen LogP contribution < -0.4 is 10.1 Å². The van der Waals surface area contributed by atoms with E-state index in [4.69, 9.17) is 0 Å². The maximum absolute atomic E-state index is 12.3. The van der Waals surface area contributed by atoms with Crippen molar-refractivity contribution in [1.29, 1.82) is 0 Å². The number of halogens is 3. The van der Waals surface area contributed by atoms with E-state index in [0.29, 0.717) is 12.1 Å². The van der Waals surface area contributed by atoms with Gasteiger partial charge in [0.1, 0.15) is 5.75 Å². The molecule has 1 heterocycles. The van der Waals surface area contributed by atoms with Crippen molar-refractivity contribution >= 4 is 21.6 Å². The van der Waals surface area contributed by atoms with E-state index in [9.17, 15) is 8.78 Å². The molecule has 0 bridgehead atoms. The lowest BCUT2D eigenvalue weighted by Crippen LogP contribution is -2.07. The van der Waals surface area contributed by atoms with Crippen molar-refractivity contribution < 1.29 is 13.5 Å². The molecule has 19 heavy (non-hydrogen) atoms. The standard InChI is InChI=1S/C13H11BrF2N2O/c14-10-3-4-12(19-13(15)16)9(6-10)7-18-11-2-1-5-17-8-11/h1-6,8,13,18H,7H2. The first-order valence-electron chi connectivity index (χ1n) is 5.52. The zero-order valence-corrected chi connectivity index (χ0v) is 11.4. The molecular weight excluding hydrogens is 318 g/mol. The number of anilines is 1. The van der Waals surface area contributed by atoms with Gasteiger partial charge in [0.25, 0.3) is 0 Å². The van der Waals surface area contributed by atoms with E-state index in [2.05, 4.69) is 31.0 Å². The van der Waals surface area contributed by atoms with Crippen molar-refractivity contribution in [3.05, 3.63) is 52.8 Å². The predicted octanol–water partition coefficient (Wildman–Crippen LogP) is 4.06. The fourth-order valence-corrected chi connectivity index (χ4v) is 1.97. The van der Waals surface area contributed by atoms with Gasteiger partial charge in [0.15, 0.2) is 0 Å². The van der Waals surface area contributed by atoms with E-state index in [1.807, 2.05) is 6.07 Å². The number of nitrogens with one attached hydrogen (secondary N) is 1. The SMILES string of the molecule is FC(F)Oc1ccc(Br)cc1CNc1cccnc1. The summed E-state index contributed by atoms with van der Waals surface area (Å²) in [6.45, 7) is -2.47. The second kappa shape index (κ2) is 6.47. The number of ether oxygens (including phenoxy) is 1. The van der Waals surface area contributed by atoms with Crippen molar-refractivity contribution in [1.82, 2.24) is 4.98 Å². The molecule has 0 atom stereocenters. The number of nitrogens with zero attached hydrogens (tertiary/aromatic N) is 1. The smallest absolute Gasteiger partial charge is 0.387 e. The molecule has 0 unspecified atom stereocenters. The molecule has 0 amide bonds. The van der Waals surface area contributed by atoms with Crippen molar-refractivity contribution in [3.63, 3.8) is 0 Å². The highest BCUT2D eigenvalue weighted by molar-refractivity contribution is 9.10. The molecule has 0 saturated heterocycles. The minimum Gasteiger partial charge on any atom is -0.434 e. The Balaban J connectivity index is 2.12. The van der Waals surface area contributed by atoms with Crippen LogP contribution >= 0.6 is 15.9 Å². The maximum atomic E-state index is 12.3. The summed E-state index contributed by atoms with van der Waals surface area (Å²) in [7, 11) is 0. The minimum absolute atomic E-state index is 0.162. The Morgan fingerprint density at radius 2 is 2.16 bits per heavy atom. The molecule has 6 heteroatoms. The van der Waals surface area contributed by atoms with Gasteiger partial charge in [-0.3, -0.25) is 4.98 Å². The quantitative estimate of drug-likeness (QED) is 0.898. The summed E-state index contributed by atoms with van der Waals surface area (Å²) in [6, 6.07) is 8.54. The molecule has 1 aromatic carbocycles. The number of alkyl halides is 2. The second-order valence-electron chi connectivity index (χ2n) is 3.73. The number of hydrogen-bond acceptors (Lipinski definition) is 3. The Hall–Kier alpha value is -1.69. The lowest BCUT2D eigenvalue weighted by molar-refractivity contribution is -0.0504. The topological polar surface area (TPSA) is 34.1 Å². The summed E-state index contributed by atoms with van der Waals surface area (Å²) < 4.78 is 29.9. The van der Waals surface area contributed by atoms with E-state index in [-0.39, 0.29) is 5.75 Å². The number of benzene rings is 1. The van der Waals surface area contributed by atoms with E-state index in [1.54, 1.807) is 30.6 Å². The van der Waals surface area contributed by atoms with Gasteiger partial charge in [0.2, 0.25) is 0 Å². The Bertz CT molecular complexity index is 537. The molecule has 0 aliphatic rings. The number of aromatic nitrogens is 1. The third-order valence-corrected chi connectivity index (χ3v) is 2.88. The van der Waals surface area contributed by atoms with E-state index in [1.165, 1.54) is 6.07 Å². The summed E-state index contributed by atoms with van der Waals surface area (Å²) >= 11 is 3.31. The Morgan fingerprint density at radius 1 is 1.32 bits per heavy atom. The zero-order valence-electron chi connectivity index (χ0n) is 9.82. The van der Waals surface area contributed by atoms with Crippen LogP contribution in [-0.4, -0.2) is 11.6 Å². The molecule has 1 N–H and O–H groups in total. The molecule has 0 fully saturated rings. The molecule has 0 aliphatic heterocycles. The van der Waals surface area contributed by atoms with Gasteiger partial charge in [0.05, 0.1) is 5.69 Å². The zero-order chi connectivity index (χ0) is 13.7. The third-order valence-electron chi connectivity index (χ3n) is 2.38. The van der Waals surface area contributed by atoms with E-state index in [0.717, 1.165) is 10.2 Å². The molecule has 0 radical (unpaired) electrons. The van der Waals surface area contributed by atoms with Crippen LogP contribution in [0.1, 0.15) is 5.56 Å². The minimum atomic E-state index is -2.83. The molecule has 0 aliphatic carbocycles. The van der Waals surface area contributed by atoms with Gasteiger partial charge in [-0.25, -0.2) is 0 Å². The van der Waals surface area contributed by atoms with Gasteiger partial charge in [-0.2, -0.15) is 8.78 Å². The van der Waals surface area contributed by atoms with Crippen LogP contribution in [0.2, 0.25) is 0 Å². The van der Waals surface area contributed by atoms with Gasteiger partial charge >= 0.3 is 6.61 Å². The summed E-state index contributed by atoms with van der Waals surface area (Å²) in [5.74, 6) is 0.162. The van der Waals surface area contributed by atoms with Crippen LogP contribution in [0, 0.1) is 0 Å². The molecule has 1 aromatic heterocycles. The Labute approximate surface area is 117 Å². The summed E-state index contributed by atoms with van der Waals surface area (Å²) in [6.07, 6.45) is 3.32. The fraction of sp³-hybridized carbons (Fsp3) is 0.154. The first kappa shape index (κ1) is 13.7.